The van der Waals surface area contributed by atoms with Crippen molar-refractivity contribution in [1.29, 1.82) is 0 Å². The third-order valence-corrected chi connectivity index (χ3v) is 4.41. The van der Waals surface area contributed by atoms with Crippen LogP contribution in [-0.4, -0.2) is 25.2 Å². The van der Waals surface area contributed by atoms with E-state index in [0.717, 1.165) is 16.7 Å². The maximum absolute atomic E-state index is 12.3. The lowest BCUT2D eigenvalue weighted by Gasteiger charge is -2.18. The van der Waals surface area contributed by atoms with Crippen molar-refractivity contribution in [3.05, 3.63) is 77.4 Å². The summed E-state index contributed by atoms with van der Waals surface area (Å²) in [5.41, 5.74) is 2.65. The lowest BCUT2D eigenvalue weighted by molar-refractivity contribution is 0.119. The zero-order chi connectivity index (χ0) is 18.1. The molecule has 0 aliphatic carbocycles. The summed E-state index contributed by atoms with van der Waals surface area (Å²) in [6.45, 7) is 2.07. The van der Waals surface area contributed by atoms with Gasteiger partial charge in [0.05, 0.1) is 13.2 Å². The fourth-order valence-electron chi connectivity index (χ4n) is 2.33. The predicted molar refractivity (Wildman–Crippen MR) is 97.9 cm³/mol. The number of phosphoric ester groups is 1. The van der Waals surface area contributed by atoms with E-state index in [1.54, 1.807) is 0 Å². The van der Waals surface area contributed by atoms with Crippen molar-refractivity contribution in [1.82, 2.24) is 0 Å². The van der Waals surface area contributed by atoms with Crippen molar-refractivity contribution in [2.45, 2.75) is 13.3 Å². The molecule has 0 bridgehead atoms. The van der Waals surface area contributed by atoms with Gasteiger partial charge in [-0.2, -0.15) is 0 Å². The van der Waals surface area contributed by atoms with E-state index in [0.29, 0.717) is 12.2 Å². The number of rotatable bonds is 9. The van der Waals surface area contributed by atoms with E-state index in [1.165, 1.54) is 7.11 Å². The summed E-state index contributed by atoms with van der Waals surface area (Å²) in [6.07, 6.45) is 0.600. The highest BCUT2D eigenvalue weighted by atomic mass is 31.2. The van der Waals surface area contributed by atoms with Crippen LogP contribution in [-0.2, 0) is 24.8 Å². The Labute approximate surface area is 148 Å². The minimum absolute atomic E-state index is 0.0237. The van der Waals surface area contributed by atoms with Crippen LogP contribution in [0.25, 0.3) is 5.76 Å². The van der Waals surface area contributed by atoms with Crippen molar-refractivity contribution < 1.29 is 23.2 Å². The minimum atomic E-state index is -4.24. The molecule has 2 aromatic rings. The van der Waals surface area contributed by atoms with Gasteiger partial charge in [-0.3, -0.25) is 9.42 Å². The van der Waals surface area contributed by atoms with Gasteiger partial charge < -0.3 is 9.26 Å². The maximum Gasteiger partial charge on any atom is 0.527 e. The Morgan fingerprint density at radius 2 is 1.60 bits per heavy atom. The van der Waals surface area contributed by atoms with Gasteiger partial charge >= 0.3 is 7.82 Å². The van der Waals surface area contributed by atoms with Gasteiger partial charge in [-0.05, 0) is 24.5 Å². The Kier molecular flexibility index (Phi) is 7.41. The molecular weight excluding hydrogens is 339 g/mol. The third kappa shape index (κ3) is 6.48. The van der Waals surface area contributed by atoms with Gasteiger partial charge in [-0.1, -0.05) is 60.7 Å². The molecule has 0 saturated heterocycles. The first-order valence-corrected chi connectivity index (χ1v) is 9.46. The highest BCUT2D eigenvalue weighted by molar-refractivity contribution is 7.47. The van der Waals surface area contributed by atoms with Gasteiger partial charge in [0.25, 0.3) is 0 Å². The largest absolute Gasteiger partial charge is 0.527 e. The fourth-order valence-corrected chi connectivity index (χ4v) is 3.18. The Morgan fingerprint density at radius 1 is 1.00 bits per heavy atom. The van der Waals surface area contributed by atoms with E-state index in [-0.39, 0.29) is 13.2 Å². The molecule has 2 rings (SSSR count). The Morgan fingerprint density at radius 3 is 2.20 bits per heavy atom. The van der Waals surface area contributed by atoms with E-state index in [4.69, 9.17) is 13.8 Å². The minimum Gasteiger partial charge on any atom is -0.404 e. The summed E-state index contributed by atoms with van der Waals surface area (Å²) in [4.78, 5) is 10.0. The second-order valence-corrected chi connectivity index (χ2v) is 6.90. The molecule has 0 aliphatic heterocycles. The second kappa shape index (κ2) is 9.54. The summed E-state index contributed by atoms with van der Waals surface area (Å²) in [5, 5.41) is 0. The molecule has 0 spiro atoms. The fraction of sp³-hybridized carbons (Fsp3) is 0.263. The number of methoxy groups -OCH3 is 1. The molecule has 0 aromatic heterocycles. The topological polar surface area (TPSA) is 65.0 Å². The van der Waals surface area contributed by atoms with Crippen molar-refractivity contribution in [3.63, 3.8) is 0 Å². The first kappa shape index (κ1) is 19.4. The van der Waals surface area contributed by atoms with Gasteiger partial charge in [0, 0.05) is 12.7 Å². The highest BCUT2D eigenvalue weighted by Crippen LogP contribution is 2.48. The molecule has 134 valence electrons. The maximum atomic E-state index is 12.3. The van der Waals surface area contributed by atoms with Crippen LogP contribution in [0, 0.1) is 0 Å². The van der Waals surface area contributed by atoms with Gasteiger partial charge in [-0.25, -0.2) is 4.57 Å². The zero-order valence-electron chi connectivity index (χ0n) is 14.4. The number of hydrogen-bond acceptors (Lipinski definition) is 4. The quantitative estimate of drug-likeness (QED) is 0.406. The standard InChI is InChI=1S/C19H23O5P/c1-16(15-17-9-5-3-6-10-17)19(18-11-7-4-8-12-18)24-25(20,21)23-14-13-22-2/h3-12H,13-15H2,1-2H3,(H,20,21). The van der Waals surface area contributed by atoms with Crippen molar-refractivity contribution in [2.24, 2.45) is 0 Å². The van der Waals surface area contributed by atoms with Gasteiger partial charge in [0.2, 0.25) is 0 Å². The molecule has 6 heteroatoms. The normalized spacial score (nSPS) is 14.5. The zero-order valence-corrected chi connectivity index (χ0v) is 15.3. The lowest BCUT2D eigenvalue weighted by atomic mass is 10.0. The molecule has 0 fully saturated rings. The average molecular weight is 362 g/mol. The molecule has 0 amide bonds. The van der Waals surface area contributed by atoms with Crippen molar-refractivity contribution in [3.8, 4) is 0 Å². The number of phosphoric acid groups is 1. The molecule has 0 radical (unpaired) electrons. The van der Waals surface area contributed by atoms with Crippen LogP contribution in [0.1, 0.15) is 18.1 Å². The molecule has 0 aliphatic rings. The third-order valence-electron chi connectivity index (χ3n) is 3.48. The molecule has 25 heavy (non-hydrogen) atoms. The van der Waals surface area contributed by atoms with Crippen LogP contribution in [0.4, 0.5) is 0 Å². The van der Waals surface area contributed by atoms with Crippen LogP contribution in [0.15, 0.2) is 66.2 Å². The molecule has 0 heterocycles. The lowest BCUT2D eigenvalue weighted by Crippen LogP contribution is -2.03. The van der Waals surface area contributed by atoms with Gasteiger partial charge in [-0.15, -0.1) is 0 Å². The van der Waals surface area contributed by atoms with E-state index >= 15 is 0 Å². The van der Waals surface area contributed by atoms with Crippen LogP contribution in [0.5, 0.6) is 0 Å². The number of allylic oxidation sites excluding steroid dienone is 1. The number of ether oxygens (including phenoxy) is 1. The second-order valence-electron chi connectivity index (χ2n) is 5.52. The molecule has 5 nitrogen and oxygen atoms in total. The number of benzene rings is 2. The summed E-state index contributed by atoms with van der Waals surface area (Å²) in [7, 11) is -2.75. The summed E-state index contributed by atoms with van der Waals surface area (Å²) >= 11 is 0. The highest BCUT2D eigenvalue weighted by Gasteiger charge is 2.26. The number of hydrogen-bond donors (Lipinski definition) is 1. The molecule has 1 unspecified atom stereocenters. The predicted octanol–water partition coefficient (Wildman–Crippen LogP) is 4.44. The van der Waals surface area contributed by atoms with Crippen LogP contribution in [0.2, 0.25) is 0 Å². The molecule has 2 aromatic carbocycles. The van der Waals surface area contributed by atoms with Crippen LogP contribution < -0.4 is 0 Å². The molecule has 1 atom stereocenters. The molecular formula is C19H23O5P. The van der Waals surface area contributed by atoms with Gasteiger partial charge in [0.1, 0.15) is 5.76 Å². The van der Waals surface area contributed by atoms with Gasteiger partial charge in [0.15, 0.2) is 0 Å². The van der Waals surface area contributed by atoms with Crippen molar-refractivity contribution >= 4 is 13.6 Å². The molecule has 1 N–H and O–H groups in total. The summed E-state index contributed by atoms with van der Waals surface area (Å²) < 4.78 is 27.4. The van der Waals surface area contributed by atoms with E-state index in [9.17, 15) is 9.46 Å². The molecule has 0 saturated carbocycles. The van der Waals surface area contributed by atoms with E-state index < -0.39 is 7.82 Å². The Bertz CT molecular complexity index is 728. The van der Waals surface area contributed by atoms with Crippen LogP contribution in [0.3, 0.4) is 0 Å². The SMILES string of the molecule is COCCOP(=O)(O)OC(=C(C)Cc1ccccc1)c1ccccc1. The van der Waals surface area contributed by atoms with E-state index in [2.05, 4.69) is 0 Å². The van der Waals surface area contributed by atoms with Crippen LogP contribution >= 0.6 is 7.82 Å². The Hall–Kier alpha value is -1.91. The monoisotopic (exact) mass is 362 g/mol. The summed E-state index contributed by atoms with van der Waals surface area (Å²) in [6, 6.07) is 19.1. The summed E-state index contributed by atoms with van der Waals surface area (Å²) in [5.74, 6) is 0.354. The average Bonchev–Trinajstić information content (AvgIpc) is 2.61. The smallest absolute Gasteiger partial charge is 0.404 e. The first-order valence-electron chi connectivity index (χ1n) is 7.97. The Balaban J connectivity index is 2.27. The van der Waals surface area contributed by atoms with E-state index in [1.807, 2.05) is 67.6 Å². The first-order chi connectivity index (χ1) is 12.0. The van der Waals surface area contributed by atoms with Crippen molar-refractivity contribution in [2.75, 3.05) is 20.3 Å².